The van der Waals surface area contributed by atoms with E-state index < -0.39 is 0 Å². The maximum absolute atomic E-state index is 5.86. The molecule has 3 heterocycles. The van der Waals surface area contributed by atoms with E-state index in [0.29, 0.717) is 0 Å². The lowest BCUT2D eigenvalue weighted by molar-refractivity contribution is 0.272. The highest BCUT2D eigenvalue weighted by Gasteiger charge is 2.32. The SMILES string of the molecule is Cc1cccc2nc(CN3CCC(C)(CN)C3)cn12.Cl.Cl. The Morgan fingerprint density at radius 3 is 2.71 bits per heavy atom. The predicted octanol–water partition coefficient (Wildman–Crippen LogP) is 2.66. The molecule has 0 saturated carbocycles. The molecular weight excluding hydrogens is 307 g/mol. The van der Waals surface area contributed by atoms with Gasteiger partial charge in [0.1, 0.15) is 5.65 Å². The van der Waals surface area contributed by atoms with Gasteiger partial charge in [0.05, 0.1) is 5.69 Å². The van der Waals surface area contributed by atoms with E-state index in [1.807, 2.05) is 0 Å². The second-order valence-corrected chi connectivity index (χ2v) is 6.10. The second-order valence-electron chi connectivity index (χ2n) is 6.10. The van der Waals surface area contributed by atoms with E-state index in [1.54, 1.807) is 0 Å². The lowest BCUT2D eigenvalue weighted by Gasteiger charge is -2.22. The van der Waals surface area contributed by atoms with Crippen molar-refractivity contribution >= 4 is 30.5 Å². The summed E-state index contributed by atoms with van der Waals surface area (Å²) in [4.78, 5) is 7.16. The Morgan fingerprint density at radius 1 is 1.33 bits per heavy atom. The number of hydrogen-bond acceptors (Lipinski definition) is 3. The van der Waals surface area contributed by atoms with Crippen molar-refractivity contribution < 1.29 is 0 Å². The summed E-state index contributed by atoms with van der Waals surface area (Å²) in [6.45, 7) is 8.29. The molecule has 21 heavy (non-hydrogen) atoms. The van der Waals surface area contributed by atoms with Crippen LogP contribution in [0.5, 0.6) is 0 Å². The summed E-state index contributed by atoms with van der Waals surface area (Å²) in [6, 6.07) is 6.23. The number of fused-ring (bicyclic) bond motifs is 1. The second kappa shape index (κ2) is 6.97. The van der Waals surface area contributed by atoms with Gasteiger partial charge in [-0.3, -0.25) is 4.90 Å². The Bertz CT molecular complexity index is 598. The molecule has 0 aliphatic carbocycles. The number of halogens is 2. The molecule has 1 fully saturated rings. The van der Waals surface area contributed by atoms with Gasteiger partial charge in [-0.05, 0) is 44.0 Å². The molecule has 1 atom stereocenters. The summed E-state index contributed by atoms with van der Waals surface area (Å²) in [5.41, 5.74) is 9.56. The molecule has 6 heteroatoms. The number of hydrogen-bond donors (Lipinski definition) is 1. The normalized spacial score (nSPS) is 22.0. The van der Waals surface area contributed by atoms with Crippen LogP contribution in [-0.4, -0.2) is 33.9 Å². The van der Waals surface area contributed by atoms with Crippen LogP contribution in [0.4, 0.5) is 0 Å². The third kappa shape index (κ3) is 3.69. The van der Waals surface area contributed by atoms with Gasteiger partial charge in [0.2, 0.25) is 0 Å². The topological polar surface area (TPSA) is 46.6 Å². The van der Waals surface area contributed by atoms with Crippen molar-refractivity contribution in [3.8, 4) is 0 Å². The van der Waals surface area contributed by atoms with Crippen LogP contribution in [0, 0.1) is 12.3 Å². The maximum atomic E-state index is 5.86. The van der Waals surface area contributed by atoms with Crippen LogP contribution in [0.2, 0.25) is 0 Å². The summed E-state index contributed by atoms with van der Waals surface area (Å²) >= 11 is 0. The molecule has 1 aliphatic rings. The third-order valence-electron chi connectivity index (χ3n) is 4.26. The highest BCUT2D eigenvalue weighted by Crippen LogP contribution is 2.29. The highest BCUT2D eigenvalue weighted by atomic mass is 35.5. The first-order valence-corrected chi connectivity index (χ1v) is 6.96. The van der Waals surface area contributed by atoms with E-state index in [9.17, 15) is 0 Å². The number of nitrogens with zero attached hydrogens (tertiary/aromatic N) is 3. The van der Waals surface area contributed by atoms with Crippen LogP contribution in [0.1, 0.15) is 24.7 Å². The summed E-state index contributed by atoms with van der Waals surface area (Å²) in [7, 11) is 0. The Morgan fingerprint density at radius 2 is 2.10 bits per heavy atom. The first-order valence-electron chi connectivity index (χ1n) is 6.96. The quantitative estimate of drug-likeness (QED) is 0.941. The monoisotopic (exact) mass is 330 g/mol. The number of likely N-dealkylation sites (tertiary alicyclic amines) is 1. The highest BCUT2D eigenvalue weighted by molar-refractivity contribution is 5.85. The fraction of sp³-hybridized carbons (Fsp3) is 0.533. The molecule has 1 unspecified atom stereocenters. The van der Waals surface area contributed by atoms with E-state index in [2.05, 4.69) is 47.5 Å². The molecule has 1 aliphatic heterocycles. The fourth-order valence-electron chi connectivity index (χ4n) is 2.93. The molecule has 0 spiro atoms. The Kier molecular flexibility index (Phi) is 6.05. The third-order valence-corrected chi connectivity index (χ3v) is 4.26. The van der Waals surface area contributed by atoms with Gasteiger partial charge in [-0.25, -0.2) is 4.98 Å². The van der Waals surface area contributed by atoms with Crippen molar-refractivity contribution in [3.05, 3.63) is 35.8 Å². The molecule has 2 aromatic heterocycles. The van der Waals surface area contributed by atoms with Crippen LogP contribution in [0.15, 0.2) is 24.4 Å². The Hall–Kier alpha value is -0.810. The zero-order valence-electron chi connectivity index (χ0n) is 12.6. The largest absolute Gasteiger partial charge is 0.330 e. The number of rotatable bonds is 3. The van der Waals surface area contributed by atoms with E-state index in [-0.39, 0.29) is 30.2 Å². The van der Waals surface area contributed by atoms with E-state index in [1.165, 1.54) is 12.1 Å². The number of nitrogens with two attached hydrogens (primary N) is 1. The zero-order valence-corrected chi connectivity index (χ0v) is 14.2. The first-order chi connectivity index (χ1) is 9.09. The van der Waals surface area contributed by atoms with Crippen LogP contribution in [-0.2, 0) is 6.54 Å². The van der Waals surface area contributed by atoms with Gasteiger partial charge in [-0.1, -0.05) is 13.0 Å². The van der Waals surface area contributed by atoms with Crippen molar-refractivity contribution in [1.29, 1.82) is 0 Å². The van der Waals surface area contributed by atoms with Gasteiger partial charge in [-0.2, -0.15) is 0 Å². The number of imidazole rings is 1. The van der Waals surface area contributed by atoms with Crippen LogP contribution >= 0.6 is 24.8 Å². The molecule has 0 aromatic carbocycles. The predicted molar refractivity (Wildman–Crippen MR) is 91.5 cm³/mol. The van der Waals surface area contributed by atoms with Gasteiger partial charge in [0.25, 0.3) is 0 Å². The molecule has 0 bridgehead atoms. The minimum Gasteiger partial charge on any atom is -0.330 e. The van der Waals surface area contributed by atoms with Gasteiger partial charge in [0, 0.05) is 25.0 Å². The van der Waals surface area contributed by atoms with Crippen molar-refractivity contribution in [2.75, 3.05) is 19.6 Å². The van der Waals surface area contributed by atoms with Crippen LogP contribution in [0.3, 0.4) is 0 Å². The molecule has 4 nitrogen and oxygen atoms in total. The molecule has 1 saturated heterocycles. The molecule has 3 rings (SSSR count). The van der Waals surface area contributed by atoms with Crippen molar-refractivity contribution in [3.63, 3.8) is 0 Å². The Labute approximate surface area is 138 Å². The van der Waals surface area contributed by atoms with Crippen molar-refractivity contribution in [2.24, 2.45) is 11.1 Å². The van der Waals surface area contributed by atoms with Gasteiger partial charge < -0.3 is 10.1 Å². The minimum atomic E-state index is 0. The molecular formula is C15H24Cl2N4. The average Bonchev–Trinajstić information content (AvgIpc) is 2.95. The zero-order chi connectivity index (χ0) is 13.5. The van der Waals surface area contributed by atoms with E-state index in [4.69, 9.17) is 10.7 Å². The van der Waals surface area contributed by atoms with E-state index in [0.717, 1.165) is 37.5 Å². The first kappa shape index (κ1) is 18.2. The van der Waals surface area contributed by atoms with Crippen LogP contribution in [0.25, 0.3) is 5.65 Å². The summed E-state index contributed by atoms with van der Waals surface area (Å²) in [6.07, 6.45) is 3.35. The average molecular weight is 331 g/mol. The summed E-state index contributed by atoms with van der Waals surface area (Å²) < 4.78 is 2.16. The van der Waals surface area contributed by atoms with Gasteiger partial charge in [0.15, 0.2) is 0 Å². The molecule has 0 radical (unpaired) electrons. The Balaban J connectivity index is 0.00000110. The number of aromatic nitrogens is 2. The van der Waals surface area contributed by atoms with Gasteiger partial charge >= 0.3 is 0 Å². The van der Waals surface area contributed by atoms with Crippen LogP contribution < -0.4 is 5.73 Å². The summed E-state index contributed by atoms with van der Waals surface area (Å²) in [5.74, 6) is 0. The lowest BCUT2D eigenvalue weighted by atomic mass is 9.90. The van der Waals surface area contributed by atoms with Crippen molar-refractivity contribution in [2.45, 2.75) is 26.8 Å². The molecule has 118 valence electrons. The van der Waals surface area contributed by atoms with Crippen molar-refractivity contribution in [1.82, 2.24) is 14.3 Å². The molecule has 2 aromatic rings. The number of aryl methyl sites for hydroxylation is 1. The number of pyridine rings is 1. The standard InChI is InChI=1S/C15H22N4.2ClH/c1-12-4-3-5-14-17-13(9-19(12)14)8-18-7-6-15(2,10-16)11-18;;/h3-5,9H,6-8,10-11,16H2,1-2H3;2*1H. The smallest absolute Gasteiger partial charge is 0.137 e. The molecule has 2 N–H and O–H groups in total. The minimum absolute atomic E-state index is 0. The molecule has 0 amide bonds. The van der Waals surface area contributed by atoms with Gasteiger partial charge in [-0.15, -0.1) is 24.8 Å². The fourth-order valence-corrected chi connectivity index (χ4v) is 2.93. The van der Waals surface area contributed by atoms with E-state index >= 15 is 0 Å². The summed E-state index contributed by atoms with van der Waals surface area (Å²) in [5, 5.41) is 0. The maximum Gasteiger partial charge on any atom is 0.137 e. The lowest BCUT2D eigenvalue weighted by Crippen LogP contribution is -2.31.